The van der Waals surface area contributed by atoms with E-state index in [2.05, 4.69) is 29.0 Å². The van der Waals surface area contributed by atoms with E-state index in [0.717, 1.165) is 17.4 Å². The predicted molar refractivity (Wildman–Crippen MR) is 87.3 cm³/mol. The summed E-state index contributed by atoms with van der Waals surface area (Å²) in [6.07, 6.45) is 10.3. The number of hydrogen-bond acceptors (Lipinski definition) is 3. The van der Waals surface area contributed by atoms with Gasteiger partial charge in [0, 0.05) is 18.5 Å². The second kappa shape index (κ2) is 8.26. The first kappa shape index (κ1) is 14.4. The lowest BCUT2D eigenvalue weighted by atomic mass is 10.0. The molecule has 1 fully saturated rings. The number of rotatable bonds is 6. The van der Waals surface area contributed by atoms with Crippen LogP contribution in [0, 0.1) is 0 Å². The summed E-state index contributed by atoms with van der Waals surface area (Å²) in [6, 6.07) is 10.3. The predicted octanol–water partition coefficient (Wildman–Crippen LogP) is 4.56. The molecule has 0 aliphatic heterocycles. The van der Waals surface area contributed by atoms with E-state index in [1.165, 1.54) is 37.9 Å². The largest absolute Gasteiger partial charge is 0.269 e. The third-order valence-electron chi connectivity index (χ3n) is 3.54. The Labute approximate surface area is 121 Å². The van der Waals surface area contributed by atoms with E-state index in [4.69, 9.17) is 0 Å². The number of thioether (sulfide) groups is 1. The van der Waals surface area contributed by atoms with Crippen molar-refractivity contribution < 1.29 is 0 Å². The van der Waals surface area contributed by atoms with Crippen molar-refractivity contribution in [3.63, 3.8) is 0 Å². The van der Waals surface area contributed by atoms with Gasteiger partial charge in [-0.15, -0.1) is 0 Å². The Morgan fingerprint density at radius 3 is 2.68 bits per heavy atom. The Kier molecular flexibility index (Phi) is 6.28. The van der Waals surface area contributed by atoms with Crippen LogP contribution in [0.15, 0.2) is 35.4 Å². The number of hydrogen-bond donors (Lipinski definition) is 0. The van der Waals surface area contributed by atoms with E-state index >= 15 is 0 Å². The Hall–Kier alpha value is -0.960. The van der Waals surface area contributed by atoms with Crippen molar-refractivity contribution >= 4 is 23.7 Å². The summed E-state index contributed by atoms with van der Waals surface area (Å²) in [6.45, 7) is 0. The summed E-state index contributed by atoms with van der Waals surface area (Å²) >= 11 is 2.14. The first-order valence-corrected chi connectivity index (χ1v) is 8.34. The van der Waals surface area contributed by atoms with Crippen LogP contribution >= 0.6 is 11.8 Å². The second-order valence-corrected chi connectivity index (χ2v) is 6.48. The van der Waals surface area contributed by atoms with Crippen LogP contribution in [-0.2, 0) is 0 Å². The molecule has 19 heavy (non-hydrogen) atoms. The monoisotopic (exact) mass is 276 g/mol. The standard InChI is InChI=1S/C16H24N2S/c1-18(15-9-4-2-5-10-15)17-13-8-14-19-16-11-6-3-7-12-16/h2,4-5,9-10,13,16H,3,6-8,11-12,14H2,1H3. The van der Waals surface area contributed by atoms with Crippen molar-refractivity contribution in [1.82, 2.24) is 0 Å². The fraction of sp³-hybridized carbons (Fsp3) is 0.562. The molecule has 3 heteroatoms. The maximum Gasteiger partial charge on any atom is 0.0590 e. The van der Waals surface area contributed by atoms with Crippen LogP contribution in [0.4, 0.5) is 5.69 Å². The van der Waals surface area contributed by atoms with Crippen LogP contribution in [0.3, 0.4) is 0 Å². The summed E-state index contributed by atoms with van der Waals surface area (Å²) in [5.41, 5.74) is 1.14. The van der Waals surface area contributed by atoms with E-state index < -0.39 is 0 Å². The highest BCUT2D eigenvalue weighted by molar-refractivity contribution is 7.99. The molecular formula is C16H24N2S. The van der Waals surface area contributed by atoms with Gasteiger partial charge in [0.25, 0.3) is 0 Å². The molecule has 1 saturated carbocycles. The fourth-order valence-corrected chi connectivity index (χ4v) is 3.65. The van der Waals surface area contributed by atoms with Gasteiger partial charge in [-0.05, 0) is 37.1 Å². The van der Waals surface area contributed by atoms with E-state index in [1.807, 2.05) is 36.5 Å². The van der Waals surface area contributed by atoms with Gasteiger partial charge in [-0.3, -0.25) is 5.01 Å². The summed E-state index contributed by atoms with van der Waals surface area (Å²) in [4.78, 5) is 0. The summed E-state index contributed by atoms with van der Waals surface area (Å²) in [7, 11) is 2.00. The first-order valence-electron chi connectivity index (χ1n) is 7.29. The van der Waals surface area contributed by atoms with Crippen LogP contribution in [0.1, 0.15) is 38.5 Å². The molecule has 1 aromatic rings. The molecule has 1 aromatic carbocycles. The van der Waals surface area contributed by atoms with Crippen LogP contribution < -0.4 is 5.01 Å². The van der Waals surface area contributed by atoms with Crippen molar-refractivity contribution in [3.05, 3.63) is 30.3 Å². The van der Waals surface area contributed by atoms with Gasteiger partial charge in [0.1, 0.15) is 0 Å². The third-order valence-corrected chi connectivity index (χ3v) is 4.95. The maximum atomic E-state index is 4.47. The Bertz CT molecular complexity index is 372. The number of anilines is 1. The molecule has 2 nitrogen and oxygen atoms in total. The van der Waals surface area contributed by atoms with Crippen LogP contribution in [0.25, 0.3) is 0 Å². The number of hydrazone groups is 1. The highest BCUT2D eigenvalue weighted by Gasteiger charge is 2.12. The van der Waals surface area contributed by atoms with Gasteiger partial charge in [0.05, 0.1) is 5.69 Å². The quantitative estimate of drug-likeness (QED) is 0.430. The third kappa shape index (κ3) is 5.27. The zero-order valence-electron chi connectivity index (χ0n) is 11.8. The van der Waals surface area contributed by atoms with E-state index in [9.17, 15) is 0 Å². The van der Waals surface area contributed by atoms with Crippen molar-refractivity contribution in [2.75, 3.05) is 17.8 Å². The molecule has 0 aromatic heterocycles. The smallest absolute Gasteiger partial charge is 0.0590 e. The van der Waals surface area contributed by atoms with Crippen molar-refractivity contribution in [1.29, 1.82) is 0 Å². The minimum absolute atomic E-state index is 0.911. The molecule has 0 amide bonds. The highest BCUT2D eigenvalue weighted by atomic mass is 32.2. The average Bonchev–Trinajstić information content (AvgIpc) is 2.49. The fourth-order valence-electron chi connectivity index (χ4n) is 2.41. The molecule has 0 radical (unpaired) electrons. The Morgan fingerprint density at radius 1 is 1.21 bits per heavy atom. The molecule has 0 N–H and O–H groups in total. The van der Waals surface area contributed by atoms with Gasteiger partial charge < -0.3 is 0 Å². The van der Waals surface area contributed by atoms with Gasteiger partial charge in [0.15, 0.2) is 0 Å². The van der Waals surface area contributed by atoms with E-state index in [1.54, 1.807) is 0 Å². The molecule has 0 bridgehead atoms. The molecule has 0 spiro atoms. The van der Waals surface area contributed by atoms with E-state index in [-0.39, 0.29) is 0 Å². The SMILES string of the molecule is CN(N=CCCSC1CCCCC1)c1ccccc1. The molecule has 0 heterocycles. The maximum absolute atomic E-state index is 4.47. The van der Waals surface area contributed by atoms with Crippen molar-refractivity contribution in [3.8, 4) is 0 Å². The summed E-state index contributed by atoms with van der Waals surface area (Å²) < 4.78 is 0. The van der Waals surface area contributed by atoms with E-state index in [0.29, 0.717) is 0 Å². The average molecular weight is 276 g/mol. The van der Waals surface area contributed by atoms with Gasteiger partial charge in [-0.1, -0.05) is 37.5 Å². The zero-order chi connectivity index (χ0) is 13.3. The minimum atomic E-state index is 0.911. The summed E-state index contributed by atoms with van der Waals surface area (Å²) in [5.74, 6) is 1.21. The van der Waals surface area contributed by atoms with Gasteiger partial charge >= 0.3 is 0 Å². The number of nitrogens with zero attached hydrogens (tertiary/aromatic N) is 2. The van der Waals surface area contributed by atoms with Gasteiger partial charge in [-0.2, -0.15) is 16.9 Å². The normalized spacial score (nSPS) is 16.9. The lowest BCUT2D eigenvalue weighted by Crippen LogP contribution is -2.10. The molecule has 104 valence electrons. The summed E-state index contributed by atoms with van der Waals surface area (Å²) in [5, 5.41) is 7.32. The van der Waals surface area contributed by atoms with Crippen molar-refractivity contribution in [2.24, 2.45) is 5.10 Å². The molecule has 0 unspecified atom stereocenters. The molecule has 1 aliphatic carbocycles. The first-order chi connectivity index (χ1) is 9.36. The molecule has 2 rings (SSSR count). The molecule has 0 atom stereocenters. The number of para-hydroxylation sites is 1. The van der Waals surface area contributed by atoms with Crippen molar-refractivity contribution in [2.45, 2.75) is 43.8 Å². The van der Waals surface area contributed by atoms with Crippen LogP contribution in [0.2, 0.25) is 0 Å². The minimum Gasteiger partial charge on any atom is -0.269 e. The second-order valence-electron chi connectivity index (χ2n) is 5.08. The molecule has 0 saturated heterocycles. The molecular weight excluding hydrogens is 252 g/mol. The van der Waals surface area contributed by atoms with Gasteiger partial charge in [-0.25, -0.2) is 0 Å². The Morgan fingerprint density at radius 2 is 1.95 bits per heavy atom. The van der Waals surface area contributed by atoms with Crippen LogP contribution in [-0.4, -0.2) is 24.3 Å². The lowest BCUT2D eigenvalue weighted by Gasteiger charge is -2.20. The highest BCUT2D eigenvalue weighted by Crippen LogP contribution is 2.28. The molecule has 1 aliphatic rings. The lowest BCUT2D eigenvalue weighted by molar-refractivity contribution is 0.516. The van der Waals surface area contributed by atoms with Crippen LogP contribution in [0.5, 0.6) is 0 Å². The van der Waals surface area contributed by atoms with Gasteiger partial charge in [0.2, 0.25) is 0 Å². The zero-order valence-corrected chi connectivity index (χ0v) is 12.6. The Balaban J connectivity index is 1.63. The topological polar surface area (TPSA) is 15.6 Å². The number of benzene rings is 1.